The summed E-state index contributed by atoms with van der Waals surface area (Å²) < 4.78 is 4.53. The normalized spacial score (nSPS) is 13.1. The van der Waals surface area contributed by atoms with Gasteiger partial charge in [0.25, 0.3) is 5.56 Å². The number of aryl methyl sites for hydroxylation is 2. The van der Waals surface area contributed by atoms with Gasteiger partial charge in [0.15, 0.2) is 0 Å². The first-order valence-electron chi connectivity index (χ1n) is 10.6. The maximum absolute atomic E-state index is 13.2. The second-order valence-electron chi connectivity index (χ2n) is 8.07. The Labute approximate surface area is 195 Å². The number of amides is 1. The summed E-state index contributed by atoms with van der Waals surface area (Å²) in [6.07, 6.45) is 3.22. The van der Waals surface area contributed by atoms with Gasteiger partial charge in [-0.3, -0.25) is 14.2 Å². The van der Waals surface area contributed by atoms with Crippen LogP contribution in [-0.4, -0.2) is 24.7 Å². The van der Waals surface area contributed by atoms with Gasteiger partial charge in [-0.15, -0.1) is 27.8 Å². The highest BCUT2D eigenvalue weighted by Crippen LogP contribution is 2.25. The van der Waals surface area contributed by atoms with Crippen molar-refractivity contribution in [3.8, 4) is 0 Å². The number of nitrogens with zero attached hydrogens (tertiary/aromatic N) is 4. The summed E-state index contributed by atoms with van der Waals surface area (Å²) in [6.45, 7) is 0.0715. The van der Waals surface area contributed by atoms with Crippen molar-refractivity contribution in [3.05, 3.63) is 84.0 Å². The van der Waals surface area contributed by atoms with Crippen LogP contribution in [0.2, 0.25) is 0 Å². The summed E-state index contributed by atoms with van der Waals surface area (Å²) >= 11 is 2.82. The van der Waals surface area contributed by atoms with Crippen LogP contribution in [0.25, 0.3) is 16.0 Å². The highest BCUT2D eigenvalue weighted by Gasteiger charge is 2.20. The van der Waals surface area contributed by atoms with Gasteiger partial charge in [0.2, 0.25) is 11.7 Å². The number of hydrogen-bond acceptors (Lipinski definition) is 6. The second-order valence-corrected chi connectivity index (χ2v) is 10.0. The lowest BCUT2D eigenvalue weighted by Gasteiger charge is -2.07. The molecule has 4 aromatic heterocycles. The average molecular weight is 478 g/mol. The van der Waals surface area contributed by atoms with Crippen LogP contribution in [0.3, 0.4) is 0 Å². The number of thiophene rings is 2. The Hall–Kier alpha value is -3.50. The summed E-state index contributed by atoms with van der Waals surface area (Å²) in [4.78, 5) is 40.1. The fourth-order valence-corrected chi connectivity index (χ4v) is 5.94. The predicted molar refractivity (Wildman–Crippen MR) is 130 cm³/mol. The molecule has 8 nitrogen and oxygen atoms in total. The van der Waals surface area contributed by atoms with E-state index in [1.54, 1.807) is 11.4 Å². The molecule has 10 heteroatoms. The van der Waals surface area contributed by atoms with E-state index >= 15 is 0 Å². The molecule has 4 heterocycles. The zero-order valence-corrected chi connectivity index (χ0v) is 19.1. The summed E-state index contributed by atoms with van der Waals surface area (Å²) in [5, 5.41) is 11.0. The monoisotopic (exact) mass is 477 g/mol. The molecule has 5 aromatic rings. The number of carbonyl (C=O) groups is 1. The molecule has 0 saturated carbocycles. The van der Waals surface area contributed by atoms with Crippen molar-refractivity contribution in [1.82, 2.24) is 18.7 Å². The zero-order valence-electron chi connectivity index (χ0n) is 17.5. The number of benzene rings is 1. The molecule has 1 amide bonds. The van der Waals surface area contributed by atoms with Crippen LogP contribution in [0.1, 0.15) is 22.4 Å². The van der Waals surface area contributed by atoms with E-state index in [-0.39, 0.29) is 23.8 Å². The molecule has 33 heavy (non-hydrogen) atoms. The van der Waals surface area contributed by atoms with Crippen LogP contribution in [0.4, 0.5) is 5.69 Å². The molecule has 0 aliphatic heterocycles. The van der Waals surface area contributed by atoms with Gasteiger partial charge in [-0.2, -0.15) is 0 Å². The third-order valence-electron chi connectivity index (χ3n) is 5.96. The third kappa shape index (κ3) is 3.42. The van der Waals surface area contributed by atoms with E-state index in [9.17, 15) is 14.4 Å². The van der Waals surface area contributed by atoms with E-state index < -0.39 is 5.69 Å². The van der Waals surface area contributed by atoms with Crippen molar-refractivity contribution in [3.63, 3.8) is 0 Å². The van der Waals surface area contributed by atoms with Crippen LogP contribution in [-0.2, 0) is 30.7 Å². The summed E-state index contributed by atoms with van der Waals surface area (Å²) in [7, 11) is 0. The molecule has 1 aliphatic carbocycles. The van der Waals surface area contributed by atoms with Gasteiger partial charge in [0, 0.05) is 10.6 Å². The molecule has 0 bridgehead atoms. The summed E-state index contributed by atoms with van der Waals surface area (Å²) in [5.74, 6) is -0.109. The van der Waals surface area contributed by atoms with Crippen molar-refractivity contribution in [1.29, 1.82) is 0 Å². The van der Waals surface area contributed by atoms with Crippen LogP contribution in [0, 0.1) is 0 Å². The van der Waals surface area contributed by atoms with Crippen molar-refractivity contribution in [2.75, 3.05) is 5.32 Å². The van der Waals surface area contributed by atoms with E-state index in [1.807, 2.05) is 35.7 Å². The van der Waals surface area contributed by atoms with Gasteiger partial charge in [-0.05, 0) is 65.4 Å². The zero-order chi connectivity index (χ0) is 22.5. The number of hydrogen-bond donors (Lipinski definition) is 1. The number of carbonyl (C=O) groups excluding carboxylic acids is 1. The lowest BCUT2D eigenvalue weighted by Crippen LogP contribution is -2.29. The summed E-state index contributed by atoms with van der Waals surface area (Å²) in [5.41, 5.74) is 3.17. The van der Waals surface area contributed by atoms with E-state index in [0.29, 0.717) is 22.4 Å². The van der Waals surface area contributed by atoms with E-state index in [0.717, 1.165) is 28.8 Å². The first kappa shape index (κ1) is 20.1. The molecular weight excluding hydrogens is 458 g/mol. The van der Waals surface area contributed by atoms with Gasteiger partial charge >= 0.3 is 5.69 Å². The molecule has 0 unspecified atom stereocenters. The molecule has 1 aromatic carbocycles. The van der Waals surface area contributed by atoms with Crippen molar-refractivity contribution in [2.45, 2.75) is 32.4 Å². The topological polar surface area (TPSA) is 90.4 Å². The Morgan fingerprint density at radius 3 is 2.79 bits per heavy atom. The fraction of sp³-hybridized carbons (Fsp3) is 0.217. The van der Waals surface area contributed by atoms with Crippen LogP contribution < -0.4 is 16.6 Å². The third-order valence-corrected chi connectivity index (χ3v) is 7.71. The predicted octanol–water partition coefficient (Wildman–Crippen LogP) is 3.11. The molecule has 0 spiro atoms. The van der Waals surface area contributed by atoms with Crippen LogP contribution >= 0.6 is 22.7 Å². The van der Waals surface area contributed by atoms with Gasteiger partial charge in [-0.25, -0.2) is 13.9 Å². The van der Waals surface area contributed by atoms with Crippen molar-refractivity contribution < 1.29 is 4.79 Å². The van der Waals surface area contributed by atoms with Gasteiger partial charge in [0.05, 0.1) is 12.1 Å². The minimum absolute atomic E-state index is 0.194. The van der Waals surface area contributed by atoms with Gasteiger partial charge < -0.3 is 5.32 Å². The molecule has 1 N–H and O–H groups in total. The molecule has 1 aliphatic rings. The lowest BCUT2D eigenvalue weighted by atomic mass is 10.1. The smallest absolute Gasteiger partial charge is 0.324 e. The Morgan fingerprint density at radius 1 is 1.06 bits per heavy atom. The molecular formula is C23H19N5O3S2. The molecule has 6 rings (SSSR count). The van der Waals surface area contributed by atoms with Crippen molar-refractivity contribution >= 4 is 50.3 Å². The maximum atomic E-state index is 13.2. The highest BCUT2D eigenvalue weighted by atomic mass is 32.1. The minimum Gasteiger partial charge on any atom is -0.324 e. The fourth-order valence-electron chi connectivity index (χ4n) is 4.42. The Kier molecular flexibility index (Phi) is 4.77. The first-order valence-corrected chi connectivity index (χ1v) is 12.4. The van der Waals surface area contributed by atoms with E-state index in [1.165, 1.54) is 42.8 Å². The van der Waals surface area contributed by atoms with E-state index in [4.69, 9.17) is 0 Å². The Bertz CT molecular complexity index is 1640. The number of rotatable bonds is 5. The number of nitrogens with one attached hydrogen (secondary N) is 1. The number of aromatic nitrogens is 4. The SMILES string of the molecule is O=C(Cn1nc2n(Cc3cccs3)c(=O)c3sccc3n2c1=O)Nc1ccc2c(c1)CCC2. The molecule has 166 valence electrons. The van der Waals surface area contributed by atoms with Crippen LogP contribution in [0.15, 0.2) is 56.7 Å². The Balaban J connectivity index is 1.38. The second kappa shape index (κ2) is 7.82. The average Bonchev–Trinajstić information content (AvgIpc) is 3.59. The maximum Gasteiger partial charge on any atom is 0.352 e. The standard InChI is InChI=1S/C23H19N5O3S2/c29-19(24-16-7-6-14-3-1-4-15(14)11-16)13-27-23(31)28-18-8-10-33-20(18)21(30)26(22(28)25-27)12-17-5-2-9-32-17/h2,5-11H,1,3-4,12-13H2,(H,24,29). The minimum atomic E-state index is -0.447. The molecule has 0 atom stereocenters. The van der Waals surface area contributed by atoms with Gasteiger partial charge in [-0.1, -0.05) is 12.1 Å². The quantitative estimate of drug-likeness (QED) is 0.421. The summed E-state index contributed by atoms with van der Waals surface area (Å²) in [6, 6.07) is 11.5. The van der Waals surface area contributed by atoms with E-state index in [2.05, 4.69) is 10.4 Å². The number of anilines is 1. The van der Waals surface area contributed by atoms with Crippen LogP contribution in [0.5, 0.6) is 0 Å². The molecule has 0 fully saturated rings. The first-order chi connectivity index (χ1) is 16.1. The number of fused-ring (bicyclic) bond motifs is 4. The largest absolute Gasteiger partial charge is 0.352 e. The highest BCUT2D eigenvalue weighted by molar-refractivity contribution is 7.17. The Morgan fingerprint density at radius 2 is 1.94 bits per heavy atom. The lowest BCUT2D eigenvalue weighted by molar-refractivity contribution is -0.117. The molecule has 0 radical (unpaired) electrons. The van der Waals surface area contributed by atoms with Gasteiger partial charge in [0.1, 0.15) is 11.2 Å². The molecule has 0 saturated heterocycles. The van der Waals surface area contributed by atoms with Crippen molar-refractivity contribution in [2.24, 2.45) is 0 Å².